The van der Waals surface area contributed by atoms with E-state index in [0.717, 1.165) is 22.5 Å². The van der Waals surface area contributed by atoms with E-state index in [1.165, 1.54) is 0 Å². The number of carbonyl (C=O) groups is 1. The molecule has 0 aliphatic heterocycles. The lowest BCUT2D eigenvalue weighted by molar-refractivity contribution is 0.1000. The molecule has 0 aliphatic carbocycles. The van der Waals surface area contributed by atoms with Crippen LogP contribution in [0.15, 0.2) is 36.5 Å². The number of benzene rings is 1. The van der Waals surface area contributed by atoms with Crippen LogP contribution in [0.2, 0.25) is 0 Å². The van der Waals surface area contributed by atoms with Gasteiger partial charge < -0.3 is 11.1 Å². The van der Waals surface area contributed by atoms with E-state index < -0.39 is 5.91 Å². The molecule has 3 rings (SSSR count). The number of amides is 1. The maximum atomic E-state index is 11.1. The number of nitrogens with zero attached hydrogens (tertiary/aromatic N) is 3. The Hall–Kier alpha value is -2.89. The summed E-state index contributed by atoms with van der Waals surface area (Å²) in [6, 6.07) is 9.12. The maximum Gasteiger partial charge on any atom is 0.248 e. The quantitative estimate of drug-likeness (QED) is 0.770. The minimum atomic E-state index is -0.439. The van der Waals surface area contributed by atoms with Crippen LogP contribution in [0.3, 0.4) is 0 Å². The lowest BCUT2D eigenvalue weighted by atomic mass is 10.1. The number of hydrogen-bond donors (Lipinski definition) is 2. The first-order valence-electron chi connectivity index (χ1n) is 6.53. The summed E-state index contributed by atoms with van der Waals surface area (Å²) in [4.78, 5) is 15.5. The number of primary amides is 1. The molecule has 6 nitrogen and oxygen atoms in total. The van der Waals surface area contributed by atoms with Gasteiger partial charge >= 0.3 is 0 Å². The predicted molar refractivity (Wildman–Crippen MR) is 80.7 cm³/mol. The third-order valence-electron chi connectivity index (χ3n) is 3.24. The van der Waals surface area contributed by atoms with Gasteiger partial charge in [0.15, 0.2) is 5.65 Å². The maximum absolute atomic E-state index is 11.1. The molecule has 0 bridgehead atoms. The molecule has 3 aromatic rings. The monoisotopic (exact) mass is 281 g/mol. The number of hydrogen-bond acceptors (Lipinski definition) is 4. The lowest BCUT2D eigenvalue weighted by Crippen LogP contribution is -2.11. The topological polar surface area (TPSA) is 85.3 Å². The fraction of sp³-hybridized carbons (Fsp3) is 0.133. The van der Waals surface area contributed by atoms with Crippen LogP contribution in [0, 0.1) is 13.8 Å². The summed E-state index contributed by atoms with van der Waals surface area (Å²) < 4.78 is 1.73. The molecule has 0 aliphatic rings. The highest BCUT2D eigenvalue weighted by Gasteiger charge is 2.07. The van der Waals surface area contributed by atoms with E-state index in [9.17, 15) is 4.79 Å². The minimum Gasteiger partial charge on any atom is -0.366 e. The number of nitrogens with one attached hydrogen (secondary N) is 1. The van der Waals surface area contributed by atoms with Gasteiger partial charge in [0.05, 0.1) is 0 Å². The Morgan fingerprint density at radius 1 is 1.24 bits per heavy atom. The van der Waals surface area contributed by atoms with Crippen LogP contribution < -0.4 is 11.1 Å². The predicted octanol–water partition coefficient (Wildman–Crippen LogP) is 2.19. The number of nitrogens with two attached hydrogens (primary N) is 1. The second kappa shape index (κ2) is 4.90. The normalized spacial score (nSPS) is 10.8. The van der Waals surface area contributed by atoms with Gasteiger partial charge in [-0.1, -0.05) is 6.07 Å². The van der Waals surface area contributed by atoms with Crippen molar-refractivity contribution in [2.45, 2.75) is 13.8 Å². The molecule has 0 fully saturated rings. The molecule has 0 saturated heterocycles. The van der Waals surface area contributed by atoms with Gasteiger partial charge in [-0.25, -0.2) is 4.52 Å². The van der Waals surface area contributed by atoms with Gasteiger partial charge in [0.1, 0.15) is 0 Å². The van der Waals surface area contributed by atoms with E-state index in [2.05, 4.69) is 15.4 Å². The standard InChI is InChI=1S/C15H15N5O/c1-9-3-6-13-18-15(19-20(13)8-9)17-12-5-4-11(14(16)21)7-10(12)2/h3-8H,1-2H3,(H2,16,21)(H,17,19). The molecule has 2 aromatic heterocycles. The summed E-state index contributed by atoms with van der Waals surface area (Å²) in [5, 5.41) is 7.52. The molecule has 2 heterocycles. The minimum absolute atomic E-state index is 0.439. The Morgan fingerprint density at radius 2 is 2.05 bits per heavy atom. The second-order valence-corrected chi connectivity index (χ2v) is 4.96. The molecular weight excluding hydrogens is 266 g/mol. The van der Waals surface area contributed by atoms with Crippen LogP contribution in [-0.2, 0) is 0 Å². The van der Waals surface area contributed by atoms with Crippen molar-refractivity contribution in [1.82, 2.24) is 14.6 Å². The van der Waals surface area contributed by atoms with Crippen molar-refractivity contribution in [2.75, 3.05) is 5.32 Å². The molecule has 21 heavy (non-hydrogen) atoms. The molecule has 1 amide bonds. The summed E-state index contributed by atoms with van der Waals surface area (Å²) in [5.74, 6) is 0.0708. The molecule has 3 N–H and O–H groups in total. The van der Waals surface area contributed by atoms with Gasteiger partial charge in [0.25, 0.3) is 0 Å². The van der Waals surface area contributed by atoms with Crippen molar-refractivity contribution in [3.05, 3.63) is 53.2 Å². The number of aryl methyl sites for hydroxylation is 2. The number of fused-ring (bicyclic) bond motifs is 1. The molecule has 1 aromatic carbocycles. The number of carbonyl (C=O) groups excluding carboxylic acids is 1. The Bertz CT molecular complexity index is 837. The van der Waals surface area contributed by atoms with E-state index in [1.807, 2.05) is 32.2 Å². The first-order valence-corrected chi connectivity index (χ1v) is 6.53. The first-order chi connectivity index (χ1) is 10.0. The summed E-state index contributed by atoms with van der Waals surface area (Å²) in [5.41, 5.74) is 9.38. The third kappa shape index (κ3) is 2.55. The summed E-state index contributed by atoms with van der Waals surface area (Å²) >= 11 is 0. The van der Waals surface area contributed by atoms with Gasteiger partial charge in [-0.15, -0.1) is 5.10 Å². The van der Waals surface area contributed by atoms with Crippen LogP contribution in [0.5, 0.6) is 0 Å². The van der Waals surface area contributed by atoms with Crippen LogP contribution in [0.1, 0.15) is 21.5 Å². The SMILES string of the molecule is Cc1ccc2nc(Nc3ccc(C(N)=O)cc3C)nn2c1. The first kappa shape index (κ1) is 13.1. The zero-order valence-corrected chi connectivity index (χ0v) is 11.8. The number of anilines is 2. The smallest absolute Gasteiger partial charge is 0.248 e. The summed E-state index contributed by atoms with van der Waals surface area (Å²) in [7, 11) is 0. The fourth-order valence-electron chi connectivity index (χ4n) is 2.12. The molecule has 106 valence electrons. The fourth-order valence-corrected chi connectivity index (χ4v) is 2.12. The largest absolute Gasteiger partial charge is 0.366 e. The highest BCUT2D eigenvalue weighted by molar-refractivity contribution is 5.93. The molecule has 0 atom stereocenters. The van der Waals surface area contributed by atoms with Gasteiger partial charge in [0.2, 0.25) is 11.9 Å². The van der Waals surface area contributed by atoms with Crippen LogP contribution >= 0.6 is 0 Å². The Morgan fingerprint density at radius 3 is 2.76 bits per heavy atom. The Balaban J connectivity index is 1.93. The molecule has 6 heteroatoms. The molecule has 0 unspecified atom stereocenters. The summed E-state index contributed by atoms with van der Waals surface area (Å²) in [6.45, 7) is 3.90. The Labute approximate surface area is 121 Å². The number of aromatic nitrogens is 3. The summed E-state index contributed by atoms with van der Waals surface area (Å²) in [6.07, 6.45) is 1.91. The lowest BCUT2D eigenvalue weighted by Gasteiger charge is -2.07. The molecular formula is C15H15N5O. The van der Waals surface area contributed by atoms with Crippen LogP contribution in [-0.4, -0.2) is 20.5 Å². The number of pyridine rings is 1. The van der Waals surface area contributed by atoms with Gasteiger partial charge in [-0.05, 0) is 49.2 Å². The zero-order chi connectivity index (χ0) is 15.0. The van der Waals surface area contributed by atoms with E-state index in [-0.39, 0.29) is 0 Å². The number of rotatable bonds is 3. The molecule has 0 saturated carbocycles. The van der Waals surface area contributed by atoms with Gasteiger partial charge in [0, 0.05) is 17.4 Å². The third-order valence-corrected chi connectivity index (χ3v) is 3.24. The van der Waals surface area contributed by atoms with Crippen molar-refractivity contribution < 1.29 is 4.79 Å². The highest BCUT2D eigenvalue weighted by atomic mass is 16.1. The van der Waals surface area contributed by atoms with Gasteiger partial charge in [-0.2, -0.15) is 4.98 Å². The van der Waals surface area contributed by atoms with Crippen LogP contribution in [0.4, 0.5) is 11.6 Å². The Kier molecular flexibility index (Phi) is 3.06. The van der Waals surface area contributed by atoms with Crippen molar-refractivity contribution in [3.63, 3.8) is 0 Å². The molecule has 0 spiro atoms. The highest BCUT2D eigenvalue weighted by Crippen LogP contribution is 2.20. The average molecular weight is 281 g/mol. The van der Waals surface area contributed by atoms with E-state index in [0.29, 0.717) is 11.5 Å². The van der Waals surface area contributed by atoms with E-state index in [4.69, 9.17) is 5.73 Å². The van der Waals surface area contributed by atoms with Crippen molar-refractivity contribution in [3.8, 4) is 0 Å². The van der Waals surface area contributed by atoms with E-state index >= 15 is 0 Å². The van der Waals surface area contributed by atoms with Crippen molar-refractivity contribution in [1.29, 1.82) is 0 Å². The second-order valence-electron chi connectivity index (χ2n) is 4.96. The average Bonchev–Trinajstić information content (AvgIpc) is 2.82. The molecule has 0 radical (unpaired) electrons. The zero-order valence-electron chi connectivity index (χ0n) is 11.8. The van der Waals surface area contributed by atoms with E-state index in [1.54, 1.807) is 22.7 Å². The van der Waals surface area contributed by atoms with Crippen LogP contribution in [0.25, 0.3) is 5.65 Å². The van der Waals surface area contributed by atoms with Crippen molar-refractivity contribution in [2.24, 2.45) is 5.73 Å². The van der Waals surface area contributed by atoms with Gasteiger partial charge in [-0.3, -0.25) is 4.79 Å². The van der Waals surface area contributed by atoms with Crippen molar-refractivity contribution >= 4 is 23.2 Å².